The minimum Gasteiger partial charge on any atom is -0.395 e. The van der Waals surface area contributed by atoms with Gasteiger partial charge in [0.15, 0.2) is 0 Å². The zero-order valence-electron chi connectivity index (χ0n) is 8.52. The average molecular weight is 196 g/mol. The lowest BCUT2D eigenvalue weighted by Crippen LogP contribution is -2.05. The molecule has 1 aromatic rings. The van der Waals surface area contributed by atoms with Crippen molar-refractivity contribution in [3.8, 4) is 0 Å². The monoisotopic (exact) mass is 196 g/mol. The van der Waals surface area contributed by atoms with Crippen molar-refractivity contribution < 1.29 is 4.39 Å². The summed E-state index contributed by atoms with van der Waals surface area (Å²) in [5.74, 6) is -0.356. The summed E-state index contributed by atoms with van der Waals surface area (Å²) in [6.45, 7) is 3.00. The third-order valence-corrected chi connectivity index (χ3v) is 2.15. The first-order valence-electron chi connectivity index (χ1n) is 5.03. The highest BCUT2D eigenvalue weighted by Crippen LogP contribution is 2.20. The fourth-order valence-electron chi connectivity index (χ4n) is 1.29. The van der Waals surface area contributed by atoms with Crippen LogP contribution in [0.1, 0.15) is 26.2 Å². The van der Waals surface area contributed by atoms with Crippen LogP contribution in [0.2, 0.25) is 0 Å². The standard InChI is InChI=1S/C11H17FN2/c1-2-3-4-8-14-10-7-5-6-9(12)11(10)13/h5-7,14H,2-4,8,13H2,1H3. The van der Waals surface area contributed by atoms with Gasteiger partial charge in [-0.2, -0.15) is 0 Å². The average Bonchev–Trinajstić information content (AvgIpc) is 2.19. The normalized spacial score (nSPS) is 10.1. The molecule has 0 spiro atoms. The summed E-state index contributed by atoms with van der Waals surface area (Å²) in [4.78, 5) is 0. The molecule has 0 aliphatic heterocycles. The maximum atomic E-state index is 13.0. The van der Waals surface area contributed by atoms with Crippen molar-refractivity contribution in [3.63, 3.8) is 0 Å². The predicted molar refractivity (Wildman–Crippen MR) is 58.8 cm³/mol. The van der Waals surface area contributed by atoms with Crippen molar-refractivity contribution in [2.75, 3.05) is 17.6 Å². The molecule has 0 aliphatic carbocycles. The summed E-state index contributed by atoms with van der Waals surface area (Å²) in [5.41, 5.74) is 6.47. The van der Waals surface area contributed by atoms with Gasteiger partial charge in [0.05, 0.1) is 11.4 Å². The van der Waals surface area contributed by atoms with Crippen LogP contribution in [-0.4, -0.2) is 6.54 Å². The van der Waals surface area contributed by atoms with E-state index in [4.69, 9.17) is 5.73 Å². The molecule has 0 fully saturated rings. The minimum absolute atomic E-state index is 0.212. The first-order valence-corrected chi connectivity index (χ1v) is 5.03. The molecule has 0 radical (unpaired) electrons. The van der Waals surface area contributed by atoms with Crippen molar-refractivity contribution in [1.82, 2.24) is 0 Å². The second-order valence-corrected chi connectivity index (χ2v) is 3.33. The number of nitrogens with one attached hydrogen (secondary N) is 1. The molecule has 14 heavy (non-hydrogen) atoms. The molecule has 3 heteroatoms. The maximum Gasteiger partial charge on any atom is 0.148 e. The number of rotatable bonds is 5. The van der Waals surface area contributed by atoms with E-state index in [1.54, 1.807) is 12.1 Å². The van der Waals surface area contributed by atoms with Gasteiger partial charge in [-0.1, -0.05) is 25.8 Å². The molecule has 0 saturated carbocycles. The summed E-state index contributed by atoms with van der Waals surface area (Å²) in [6.07, 6.45) is 3.45. The summed E-state index contributed by atoms with van der Waals surface area (Å²) in [6, 6.07) is 4.82. The number of nitrogens with two attached hydrogens (primary N) is 1. The van der Waals surface area contributed by atoms with Gasteiger partial charge in [-0.05, 0) is 18.6 Å². The Morgan fingerprint density at radius 2 is 2.14 bits per heavy atom. The molecule has 78 valence electrons. The molecule has 0 unspecified atom stereocenters. The van der Waals surface area contributed by atoms with E-state index in [2.05, 4.69) is 12.2 Å². The fraction of sp³-hybridized carbons (Fsp3) is 0.455. The lowest BCUT2D eigenvalue weighted by atomic mass is 10.2. The second kappa shape index (κ2) is 5.47. The van der Waals surface area contributed by atoms with Gasteiger partial charge in [0.1, 0.15) is 5.82 Å². The van der Waals surface area contributed by atoms with E-state index in [-0.39, 0.29) is 11.5 Å². The Hall–Kier alpha value is -1.25. The largest absolute Gasteiger partial charge is 0.395 e. The van der Waals surface area contributed by atoms with Crippen LogP contribution in [-0.2, 0) is 0 Å². The summed E-state index contributed by atoms with van der Waals surface area (Å²) >= 11 is 0. The summed E-state index contributed by atoms with van der Waals surface area (Å²) in [7, 11) is 0. The van der Waals surface area contributed by atoms with Crippen LogP contribution in [0.25, 0.3) is 0 Å². The van der Waals surface area contributed by atoms with Crippen LogP contribution < -0.4 is 11.1 Å². The number of benzene rings is 1. The van der Waals surface area contributed by atoms with E-state index in [9.17, 15) is 4.39 Å². The molecule has 1 aromatic carbocycles. The highest BCUT2D eigenvalue weighted by Gasteiger charge is 2.02. The van der Waals surface area contributed by atoms with Gasteiger partial charge in [0, 0.05) is 6.54 Å². The Kier molecular flexibility index (Phi) is 4.23. The Labute approximate surface area is 84.3 Å². The first kappa shape index (κ1) is 10.8. The fourth-order valence-corrected chi connectivity index (χ4v) is 1.29. The van der Waals surface area contributed by atoms with Crippen LogP contribution >= 0.6 is 0 Å². The Morgan fingerprint density at radius 1 is 1.36 bits per heavy atom. The van der Waals surface area contributed by atoms with E-state index in [1.807, 2.05) is 0 Å². The third-order valence-electron chi connectivity index (χ3n) is 2.15. The Bertz CT molecular complexity index is 287. The number of hydrogen-bond acceptors (Lipinski definition) is 2. The molecule has 0 saturated heterocycles. The van der Waals surface area contributed by atoms with Crippen LogP contribution in [0.15, 0.2) is 18.2 Å². The number of halogens is 1. The van der Waals surface area contributed by atoms with E-state index >= 15 is 0 Å². The first-order chi connectivity index (χ1) is 6.75. The van der Waals surface area contributed by atoms with E-state index in [0.717, 1.165) is 13.0 Å². The molecule has 2 nitrogen and oxygen atoms in total. The predicted octanol–water partition coefficient (Wildman–Crippen LogP) is 3.01. The summed E-state index contributed by atoms with van der Waals surface area (Å²) < 4.78 is 13.0. The number of unbranched alkanes of at least 4 members (excludes halogenated alkanes) is 2. The molecule has 3 N–H and O–H groups in total. The van der Waals surface area contributed by atoms with Gasteiger partial charge in [0.25, 0.3) is 0 Å². The minimum atomic E-state index is -0.356. The number of nitrogen functional groups attached to an aromatic ring is 1. The molecular formula is C11H17FN2. The van der Waals surface area contributed by atoms with E-state index < -0.39 is 0 Å². The van der Waals surface area contributed by atoms with Crippen molar-refractivity contribution in [2.45, 2.75) is 26.2 Å². The summed E-state index contributed by atoms with van der Waals surface area (Å²) in [5, 5.41) is 3.12. The van der Waals surface area contributed by atoms with Gasteiger partial charge in [-0.25, -0.2) is 4.39 Å². The van der Waals surface area contributed by atoms with Crippen LogP contribution in [0.4, 0.5) is 15.8 Å². The van der Waals surface area contributed by atoms with Gasteiger partial charge in [-0.15, -0.1) is 0 Å². The maximum absolute atomic E-state index is 13.0. The number of para-hydroxylation sites is 1. The van der Waals surface area contributed by atoms with Gasteiger partial charge in [-0.3, -0.25) is 0 Å². The molecule has 0 aromatic heterocycles. The molecule has 0 atom stereocenters. The SMILES string of the molecule is CCCCCNc1cccc(F)c1N. The van der Waals surface area contributed by atoms with E-state index in [0.29, 0.717) is 5.69 Å². The van der Waals surface area contributed by atoms with Gasteiger partial charge >= 0.3 is 0 Å². The molecule has 1 rings (SSSR count). The highest BCUT2D eigenvalue weighted by molar-refractivity contribution is 5.66. The zero-order chi connectivity index (χ0) is 10.4. The van der Waals surface area contributed by atoms with Crippen LogP contribution in [0.5, 0.6) is 0 Å². The zero-order valence-corrected chi connectivity index (χ0v) is 8.52. The molecule has 0 amide bonds. The Balaban J connectivity index is 2.46. The molecular weight excluding hydrogens is 179 g/mol. The second-order valence-electron chi connectivity index (χ2n) is 3.33. The van der Waals surface area contributed by atoms with Crippen LogP contribution in [0.3, 0.4) is 0 Å². The van der Waals surface area contributed by atoms with Crippen molar-refractivity contribution in [2.24, 2.45) is 0 Å². The highest BCUT2D eigenvalue weighted by atomic mass is 19.1. The Morgan fingerprint density at radius 3 is 2.86 bits per heavy atom. The molecule has 0 bridgehead atoms. The molecule has 0 heterocycles. The van der Waals surface area contributed by atoms with Crippen molar-refractivity contribution in [1.29, 1.82) is 0 Å². The van der Waals surface area contributed by atoms with Crippen molar-refractivity contribution >= 4 is 11.4 Å². The van der Waals surface area contributed by atoms with Gasteiger partial charge < -0.3 is 11.1 Å². The lowest BCUT2D eigenvalue weighted by Gasteiger charge is -2.08. The number of anilines is 2. The lowest BCUT2D eigenvalue weighted by molar-refractivity contribution is 0.632. The number of hydrogen-bond donors (Lipinski definition) is 2. The quantitative estimate of drug-likeness (QED) is 0.561. The third kappa shape index (κ3) is 2.91. The van der Waals surface area contributed by atoms with Crippen molar-refractivity contribution in [3.05, 3.63) is 24.0 Å². The van der Waals surface area contributed by atoms with Crippen LogP contribution in [0, 0.1) is 5.82 Å². The van der Waals surface area contributed by atoms with E-state index in [1.165, 1.54) is 18.9 Å². The smallest absolute Gasteiger partial charge is 0.148 e. The van der Waals surface area contributed by atoms with Gasteiger partial charge in [0.2, 0.25) is 0 Å². The topological polar surface area (TPSA) is 38.0 Å². The molecule has 0 aliphatic rings.